The van der Waals surface area contributed by atoms with Crippen LogP contribution < -0.4 is 15.4 Å². The van der Waals surface area contributed by atoms with E-state index in [0.29, 0.717) is 24.5 Å². The highest BCUT2D eigenvalue weighted by molar-refractivity contribution is 5.92. The van der Waals surface area contributed by atoms with Crippen LogP contribution in [0.25, 0.3) is 0 Å². The highest BCUT2D eigenvalue weighted by atomic mass is 16.5. The van der Waals surface area contributed by atoms with E-state index in [1.54, 1.807) is 24.3 Å². The van der Waals surface area contributed by atoms with Gasteiger partial charge in [0.1, 0.15) is 12.4 Å². The van der Waals surface area contributed by atoms with Crippen LogP contribution in [0, 0.1) is 0 Å². The van der Waals surface area contributed by atoms with Crippen LogP contribution in [0.4, 0.5) is 0 Å². The first-order valence-corrected chi connectivity index (χ1v) is 9.13. The molecule has 1 aromatic carbocycles. The molecule has 1 aliphatic rings. The second-order valence-corrected chi connectivity index (χ2v) is 6.17. The summed E-state index contributed by atoms with van der Waals surface area (Å²) in [5.41, 5.74) is 0.313. The van der Waals surface area contributed by atoms with Crippen molar-refractivity contribution in [2.45, 2.75) is 32.3 Å². The van der Waals surface area contributed by atoms with E-state index in [-0.39, 0.29) is 18.6 Å². The van der Waals surface area contributed by atoms with Crippen molar-refractivity contribution in [2.24, 2.45) is 0 Å². The van der Waals surface area contributed by atoms with Crippen molar-refractivity contribution >= 4 is 17.8 Å². The molecular weight excluding hydrogens is 352 g/mol. The van der Waals surface area contributed by atoms with E-state index in [0.717, 1.165) is 25.9 Å². The highest BCUT2D eigenvalue weighted by Crippen LogP contribution is 2.17. The Bertz CT molecular complexity index is 626. The van der Waals surface area contributed by atoms with Crippen molar-refractivity contribution < 1.29 is 28.6 Å². The Morgan fingerprint density at radius 1 is 1.15 bits per heavy atom. The summed E-state index contributed by atoms with van der Waals surface area (Å²) in [6.45, 7) is 3.15. The van der Waals surface area contributed by atoms with E-state index < -0.39 is 18.5 Å². The summed E-state index contributed by atoms with van der Waals surface area (Å²) < 4.78 is 16.0. The van der Waals surface area contributed by atoms with Gasteiger partial charge in [0.05, 0.1) is 18.2 Å². The van der Waals surface area contributed by atoms with Gasteiger partial charge in [0.15, 0.2) is 6.61 Å². The van der Waals surface area contributed by atoms with Gasteiger partial charge in [-0.25, -0.2) is 4.79 Å². The number of amides is 2. The molecule has 2 rings (SSSR count). The summed E-state index contributed by atoms with van der Waals surface area (Å²) in [4.78, 5) is 35.0. The standard InChI is InChI=1S/C19H26N2O6/c1-2-9-20-17(22)11-21-18(23)13-27-19(24)14-5-7-15(8-6-14)26-12-16-4-3-10-25-16/h5-8,16H,2-4,9-13H2,1H3,(H,20,22)(H,21,23)/t16-/m0/s1. The van der Waals surface area contributed by atoms with E-state index >= 15 is 0 Å². The molecule has 0 aromatic heterocycles. The normalized spacial score (nSPS) is 15.8. The third-order valence-corrected chi connectivity index (χ3v) is 3.90. The van der Waals surface area contributed by atoms with E-state index in [1.807, 2.05) is 6.92 Å². The second kappa shape index (κ2) is 11.2. The molecule has 0 unspecified atom stereocenters. The van der Waals surface area contributed by atoms with E-state index in [9.17, 15) is 14.4 Å². The molecule has 1 fully saturated rings. The Hall–Kier alpha value is -2.61. The highest BCUT2D eigenvalue weighted by Gasteiger charge is 2.16. The molecule has 2 N–H and O–H groups in total. The van der Waals surface area contributed by atoms with Crippen LogP contribution in [0.15, 0.2) is 24.3 Å². The molecule has 27 heavy (non-hydrogen) atoms. The summed E-state index contributed by atoms with van der Waals surface area (Å²) in [5, 5.41) is 5.02. The van der Waals surface area contributed by atoms with Crippen molar-refractivity contribution in [3.05, 3.63) is 29.8 Å². The second-order valence-electron chi connectivity index (χ2n) is 6.17. The molecule has 8 nitrogen and oxygen atoms in total. The molecule has 1 aliphatic heterocycles. The molecule has 1 atom stereocenters. The molecule has 1 heterocycles. The first kappa shape index (κ1) is 20.7. The number of rotatable bonds is 10. The largest absolute Gasteiger partial charge is 0.491 e. The van der Waals surface area contributed by atoms with Gasteiger partial charge in [-0.05, 0) is 43.5 Å². The predicted octanol–water partition coefficient (Wildman–Crippen LogP) is 1.04. The zero-order chi connectivity index (χ0) is 19.5. The number of benzene rings is 1. The Labute approximate surface area is 158 Å². The lowest BCUT2D eigenvalue weighted by molar-refractivity contribution is -0.127. The smallest absolute Gasteiger partial charge is 0.338 e. The fraction of sp³-hybridized carbons (Fsp3) is 0.526. The number of carbonyl (C=O) groups is 3. The predicted molar refractivity (Wildman–Crippen MR) is 97.5 cm³/mol. The minimum Gasteiger partial charge on any atom is -0.491 e. The zero-order valence-corrected chi connectivity index (χ0v) is 15.5. The van der Waals surface area contributed by atoms with Crippen molar-refractivity contribution in [1.29, 1.82) is 0 Å². The molecule has 1 saturated heterocycles. The van der Waals surface area contributed by atoms with Gasteiger partial charge in [-0.1, -0.05) is 6.92 Å². The van der Waals surface area contributed by atoms with Crippen LogP contribution in [0.1, 0.15) is 36.5 Å². The maximum atomic E-state index is 12.0. The average molecular weight is 378 g/mol. The van der Waals surface area contributed by atoms with E-state index in [1.165, 1.54) is 0 Å². The molecule has 0 radical (unpaired) electrons. The molecule has 8 heteroatoms. The lowest BCUT2D eigenvalue weighted by Crippen LogP contribution is -2.38. The summed E-state index contributed by atoms with van der Waals surface area (Å²) in [6, 6.07) is 6.49. The van der Waals surface area contributed by atoms with Crippen molar-refractivity contribution in [1.82, 2.24) is 10.6 Å². The van der Waals surface area contributed by atoms with Crippen LogP contribution in [0.3, 0.4) is 0 Å². The molecule has 0 saturated carbocycles. The maximum Gasteiger partial charge on any atom is 0.338 e. The van der Waals surface area contributed by atoms with Gasteiger partial charge in [-0.2, -0.15) is 0 Å². The van der Waals surface area contributed by atoms with Crippen molar-refractivity contribution in [3.63, 3.8) is 0 Å². The summed E-state index contributed by atoms with van der Waals surface area (Å²) in [5.74, 6) is -0.800. The number of nitrogens with one attached hydrogen (secondary N) is 2. The third-order valence-electron chi connectivity index (χ3n) is 3.90. The van der Waals surface area contributed by atoms with E-state index in [2.05, 4.69) is 10.6 Å². The Morgan fingerprint density at radius 3 is 2.59 bits per heavy atom. The van der Waals surface area contributed by atoms with Gasteiger partial charge in [0.25, 0.3) is 5.91 Å². The number of carbonyl (C=O) groups excluding carboxylic acids is 3. The first-order chi connectivity index (χ1) is 13.1. The molecular formula is C19H26N2O6. The lowest BCUT2D eigenvalue weighted by Gasteiger charge is -2.11. The average Bonchev–Trinajstić information content (AvgIpc) is 3.21. The van der Waals surface area contributed by atoms with Crippen LogP contribution in [-0.4, -0.2) is 56.8 Å². The maximum absolute atomic E-state index is 12.0. The molecule has 0 spiro atoms. The molecule has 0 bridgehead atoms. The van der Waals surface area contributed by atoms with Gasteiger partial charge < -0.3 is 24.8 Å². The number of hydrogen-bond acceptors (Lipinski definition) is 6. The summed E-state index contributed by atoms with van der Waals surface area (Å²) >= 11 is 0. The quantitative estimate of drug-likeness (QED) is 0.590. The van der Waals surface area contributed by atoms with Gasteiger partial charge in [-0.3, -0.25) is 9.59 Å². The molecule has 0 aliphatic carbocycles. The molecule has 1 aromatic rings. The molecule has 148 valence electrons. The van der Waals surface area contributed by atoms with Gasteiger partial charge >= 0.3 is 5.97 Å². The van der Waals surface area contributed by atoms with Gasteiger partial charge in [0, 0.05) is 13.2 Å². The van der Waals surface area contributed by atoms with Crippen molar-refractivity contribution in [2.75, 3.05) is 32.9 Å². The van der Waals surface area contributed by atoms with Crippen LogP contribution >= 0.6 is 0 Å². The van der Waals surface area contributed by atoms with Crippen molar-refractivity contribution in [3.8, 4) is 5.75 Å². The van der Waals surface area contributed by atoms with Gasteiger partial charge in [-0.15, -0.1) is 0 Å². The third kappa shape index (κ3) is 7.65. The van der Waals surface area contributed by atoms with Crippen LogP contribution in [0.2, 0.25) is 0 Å². The Kier molecular flexibility index (Phi) is 8.57. The van der Waals surface area contributed by atoms with Crippen LogP contribution in [0.5, 0.6) is 5.75 Å². The lowest BCUT2D eigenvalue weighted by atomic mass is 10.2. The van der Waals surface area contributed by atoms with Crippen LogP contribution in [-0.2, 0) is 19.1 Å². The topological polar surface area (TPSA) is 103 Å². The summed E-state index contributed by atoms with van der Waals surface area (Å²) in [6.07, 6.45) is 2.98. The zero-order valence-electron chi connectivity index (χ0n) is 15.5. The number of esters is 1. The SMILES string of the molecule is CCCNC(=O)CNC(=O)COC(=O)c1ccc(OC[C@@H]2CCCO2)cc1. The fourth-order valence-electron chi connectivity index (χ4n) is 2.42. The van der Waals surface area contributed by atoms with E-state index in [4.69, 9.17) is 14.2 Å². The minimum atomic E-state index is -0.619. The Balaban J connectivity index is 1.67. The minimum absolute atomic E-state index is 0.122. The molecule has 2 amide bonds. The summed E-state index contributed by atoms with van der Waals surface area (Å²) in [7, 11) is 0. The first-order valence-electron chi connectivity index (χ1n) is 9.13. The number of hydrogen-bond donors (Lipinski definition) is 2. The monoisotopic (exact) mass is 378 g/mol. The van der Waals surface area contributed by atoms with Gasteiger partial charge in [0.2, 0.25) is 5.91 Å². The number of ether oxygens (including phenoxy) is 3. The fourth-order valence-corrected chi connectivity index (χ4v) is 2.42. The Morgan fingerprint density at radius 2 is 1.93 bits per heavy atom.